The number of Topliss-reactive ketones (excluding diaryl/α,β-unsaturated/α-hetero) is 1. The van der Waals surface area contributed by atoms with E-state index in [2.05, 4.69) is 0 Å². The van der Waals surface area contributed by atoms with E-state index in [4.69, 9.17) is 4.74 Å². The molecule has 0 spiro atoms. The van der Waals surface area contributed by atoms with Crippen LogP contribution in [0.5, 0.6) is 0 Å². The van der Waals surface area contributed by atoms with E-state index >= 15 is 0 Å². The Labute approximate surface area is 109 Å². The molecule has 3 aliphatic heterocycles. The minimum Gasteiger partial charge on any atom is -0.394 e. The van der Waals surface area contributed by atoms with E-state index in [1.165, 1.54) is 18.9 Å². The molecule has 1 unspecified atom stereocenters. The molecule has 1 N–H and O–H groups in total. The van der Waals surface area contributed by atoms with E-state index in [9.17, 15) is 23.1 Å². The van der Waals surface area contributed by atoms with Crippen LogP contribution in [0.15, 0.2) is 0 Å². The van der Waals surface area contributed by atoms with Crippen molar-refractivity contribution in [2.45, 2.75) is 25.1 Å². The third-order valence-electron chi connectivity index (χ3n) is 4.66. The van der Waals surface area contributed by atoms with Crippen molar-refractivity contribution >= 4 is 5.78 Å². The number of nitrogens with zero attached hydrogens (tertiary/aromatic N) is 1. The molecule has 110 valence electrons. The summed E-state index contributed by atoms with van der Waals surface area (Å²) in [4.78, 5) is 14.0. The smallest absolute Gasteiger partial charge is 0.393 e. The molecule has 7 heteroatoms. The highest BCUT2D eigenvalue weighted by Crippen LogP contribution is 2.53. The number of aliphatic hydroxyl groups excluding tert-OH is 1. The molecule has 0 radical (unpaired) electrons. The van der Waals surface area contributed by atoms with E-state index in [1.54, 1.807) is 0 Å². The molecule has 3 heterocycles. The fourth-order valence-electron chi connectivity index (χ4n) is 3.47. The molecular formula is C12H18F3NO3. The van der Waals surface area contributed by atoms with Gasteiger partial charge in [0.05, 0.1) is 19.1 Å². The number of hydrogen-bond acceptors (Lipinski definition) is 4. The Morgan fingerprint density at radius 1 is 1.53 bits per heavy atom. The number of alkyl halides is 3. The van der Waals surface area contributed by atoms with Gasteiger partial charge in [0.1, 0.15) is 5.54 Å². The van der Waals surface area contributed by atoms with Crippen LogP contribution in [0.3, 0.4) is 0 Å². The number of aliphatic hydroxyl groups is 1. The van der Waals surface area contributed by atoms with Crippen molar-refractivity contribution in [2.75, 3.05) is 33.4 Å². The zero-order chi connectivity index (χ0) is 14.5. The first-order chi connectivity index (χ1) is 8.72. The molecule has 0 aromatic rings. The predicted octanol–water partition coefficient (Wildman–Crippen LogP) is 0.837. The number of rotatable bonds is 3. The Hall–Kier alpha value is -0.660. The molecular weight excluding hydrogens is 263 g/mol. The largest absolute Gasteiger partial charge is 0.394 e. The highest BCUT2D eigenvalue weighted by molar-refractivity contribution is 5.95. The maximum Gasteiger partial charge on any atom is 0.393 e. The lowest BCUT2D eigenvalue weighted by atomic mass is 9.58. The van der Waals surface area contributed by atoms with Gasteiger partial charge < -0.3 is 9.84 Å². The van der Waals surface area contributed by atoms with Crippen molar-refractivity contribution in [1.82, 2.24) is 4.90 Å². The molecule has 0 saturated carbocycles. The van der Waals surface area contributed by atoms with Gasteiger partial charge in [-0.15, -0.1) is 0 Å². The van der Waals surface area contributed by atoms with Crippen LogP contribution in [0.4, 0.5) is 13.2 Å². The quantitative estimate of drug-likeness (QED) is 0.833. The lowest BCUT2D eigenvalue weighted by molar-refractivity contribution is -0.249. The summed E-state index contributed by atoms with van der Waals surface area (Å²) >= 11 is 0. The number of fused-ring (bicyclic) bond motifs is 3. The van der Waals surface area contributed by atoms with Gasteiger partial charge in [0.15, 0.2) is 5.78 Å². The molecule has 19 heavy (non-hydrogen) atoms. The van der Waals surface area contributed by atoms with Gasteiger partial charge in [-0.25, -0.2) is 0 Å². The normalized spacial score (nSPS) is 42.7. The molecule has 0 amide bonds. The van der Waals surface area contributed by atoms with Crippen molar-refractivity contribution in [3.05, 3.63) is 0 Å². The van der Waals surface area contributed by atoms with Crippen LogP contribution >= 0.6 is 0 Å². The van der Waals surface area contributed by atoms with Gasteiger partial charge in [0, 0.05) is 25.6 Å². The Balaban J connectivity index is 2.42. The Morgan fingerprint density at radius 3 is 2.63 bits per heavy atom. The van der Waals surface area contributed by atoms with Crippen LogP contribution in [0.2, 0.25) is 0 Å². The van der Waals surface area contributed by atoms with Crippen molar-refractivity contribution in [3.8, 4) is 0 Å². The summed E-state index contributed by atoms with van der Waals surface area (Å²) in [7, 11) is 1.37. The number of ether oxygens (including phenoxy) is 1. The zero-order valence-electron chi connectivity index (χ0n) is 11.0. The van der Waals surface area contributed by atoms with Crippen LogP contribution in [-0.2, 0) is 9.53 Å². The fourth-order valence-corrected chi connectivity index (χ4v) is 3.47. The maximum absolute atomic E-state index is 13.1. The van der Waals surface area contributed by atoms with Gasteiger partial charge in [-0.3, -0.25) is 9.69 Å². The van der Waals surface area contributed by atoms with Gasteiger partial charge in [-0.2, -0.15) is 13.2 Å². The number of hydrogen-bond donors (Lipinski definition) is 1. The first kappa shape index (κ1) is 14.7. The second kappa shape index (κ2) is 4.43. The summed E-state index contributed by atoms with van der Waals surface area (Å²) in [5, 5.41) is 9.54. The van der Waals surface area contributed by atoms with Crippen LogP contribution in [-0.4, -0.2) is 60.9 Å². The van der Waals surface area contributed by atoms with Gasteiger partial charge in [0.2, 0.25) is 0 Å². The summed E-state index contributed by atoms with van der Waals surface area (Å²) in [6, 6.07) is 0. The molecule has 3 aliphatic rings. The number of piperidine rings is 3. The van der Waals surface area contributed by atoms with E-state index in [0.717, 1.165) is 0 Å². The summed E-state index contributed by atoms with van der Waals surface area (Å²) in [6.45, 7) is 0.890. The molecule has 3 saturated heterocycles. The average Bonchev–Trinajstić information content (AvgIpc) is 2.33. The Bertz CT molecular complexity index is 387. The topological polar surface area (TPSA) is 49.8 Å². The van der Waals surface area contributed by atoms with Gasteiger partial charge in [-0.1, -0.05) is 6.92 Å². The SMILES string of the molecule is COC[C@@]1(CO)C(=O)[C@]2(C)CCN1C[C@H]2C(F)(F)F. The van der Waals surface area contributed by atoms with Crippen LogP contribution in [0.25, 0.3) is 0 Å². The lowest BCUT2D eigenvalue weighted by Gasteiger charge is -2.59. The van der Waals surface area contributed by atoms with E-state index < -0.39 is 35.4 Å². The number of carbonyl (C=O) groups excluding carboxylic acids is 1. The third kappa shape index (κ3) is 1.90. The number of ketones is 1. The van der Waals surface area contributed by atoms with Crippen molar-refractivity contribution in [3.63, 3.8) is 0 Å². The first-order valence-corrected chi connectivity index (χ1v) is 6.19. The van der Waals surface area contributed by atoms with Gasteiger partial charge in [0.25, 0.3) is 0 Å². The minimum atomic E-state index is -4.40. The molecule has 3 rings (SSSR count). The second-order valence-electron chi connectivity index (χ2n) is 5.66. The molecule has 0 aromatic heterocycles. The number of methoxy groups -OCH3 is 1. The molecule has 4 atom stereocenters. The van der Waals surface area contributed by atoms with Crippen LogP contribution in [0, 0.1) is 11.3 Å². The summed E-state index contributed by atoms with van der Waals surface area (Å²) in [5.74, 6) is -2.22. The van der Waals surface area contributed by atoms with Crippen molar-refractivity contribution < 1.29 is 27.8 Å². The average molecular weight is 281 g/mol. The standard InChI is InChI=1S/C12H18F3NO3/c1-10-3-4-16(5-8(10)12(13,14)15)11(6-17,7-19-2)9(10)18/h8,17H,3-7H2,1-2H3/t8-,10-,11+/m1/s1. The lowest BCUT2D eigenvalue weighted by Crippen LogP contribution is -2.76. The number of halogens is 3. The molecule has 0 aromatic carbocycles. The predicted molar refractivity (Wildman–Crippen MR) is 60.5 cm³/mol. The third-order valence-corrected chi connectivity index (χ3v) is 4.66. The molecule has 2 bridgehead atoms. The zero-order valence-corrected chi connectivity index (χ0v) is 11.0. The second-order valence-corrected chi connectivity index (χ2v) is 5.66. The first-order valence-electron chi connectivity index (χ1n) is 6.19. The fraction of sp³-hybridized carbons (Fsp3) is 0.917. The number of carbonyl (C=O) groups is 1. The summed E-state index contributed by atoms with van der Waals surface area (Å²) in [6.07, 6.45) is -4.24. The van der Waals surface area contributed by atoms with E-state index in [0.29, 0.717) is 6.54 Å². The van der Waals surface area contributed by atoms with Crippen molar-refractivity contribution in [1.29, 1.82) is 0 Å². The summed E-state index contributed by atoms with van der Waals surface area (Å²) < 4.78 is 44.2. The molecule has 4 nitrogen and oxygen atoms in total. The molecule has 3 fully saturated rings. The van der Waals surface area contributed by atoms with Gasteiger partial charge >= 0.3 is 6.18 Å². The minimum absolute atomic E-state index is 0.0809. The highest BCUT2D eigenvalue weighted by Gasteiger charge is 2.67. The van der Waals surface area contributed by atoms with E-state index in [1.807, 2.05) is 0 Å². The monoisotopic (exact) mass is 281 g/mol. The highest BCUT2D eigenvalue weighted by atomic mass is 19.4. The van der Waals surface area contributed by atoms with Crippen molar-refractivity contribution in [2.24, 2.45) is 11.3 Å². The van der Waals surface area contributed by atoms with Gasteiger partial charge in [-0.05, 0) is 6.42 Å². The molecule has 0 aliphatic carbocycles. The van der Waals surface area contributed by atoms with Crippen LogP contribution in [0.1, 0.15) is 13.3 Å². The Kier molecular flexibility index (Phi) is 3.43. The maximum atomic E-state index is 13.1. The van der Waals surface area contributed by atoms with Crippen LogP contribution < -0.4 is 0 Å². The summed E-state index contributed by atoms with van der Waals surface area (Å²) in [5.41, 5.74) is -2.78. The Morgan fingerprint density at radius 2 is 2.16 bits per heavy atom. The van der Waals surface area contributed by atoms with E-state index in [-0.39, 0.29) is 19.6 Å².